The smallest absolute Gasteiger partial charge is 0.276 e. The van der Waals surface area contributed by atoms with E-state index >= 15 is 0 Å². The van der Waals surface area contributed by atoms with Gasteiger partial charge < -0.3 is 0 Å². The van der Waals surface area contributed by atoms with Crippen LogP contribution in [0.5, 0.6) is 0 Å². The van der Waals surface area contributed by atoms with Crippen LogP contribution in [0.25, 0.3) is 5.69 Å². The Morgan fingerprint density at radius 2 is 1.61 bits per heavy atom. The van der Waals surface area contributed by atoms with Crippen molar-refractivity contribution >= 4 is 0 Å². The highest BCUT2D eigenvalue weighted by Gasteiger charge is 2.21. The number of rotatable bonds is 7. The van der Waals surface area contributed by atoms with Crippen molar-refractivity contribution in [2.75, 3.05) is 0 Å². The van der Waals surface area contributed by atoms with Gasteiger partial charge in [-0.15, -0.1) is 0 Å². The average Bonchev–Trinajstić information content (AvgIpc) is 2.92. The molecule has 0 fully saturated rings. The van der Waals surface area contributed by atoms with Gasteiger partial charge in [0.2, 0.25) is 0 Å². The van der Waals surface area contributed by atoms with Gasteiger partial charge in [-0.2, -0.15) is 0 Å². The van der Waals surface area contributed by atoms with Crippen LogP contribution in [-0.4, -0.2) is 20.3 Å². The number of hydrogen-bond acceptors (Lipinski definition) is 2. The maximum Gasteiger partial charge on any atom is 0.276 e. The van der Waals surface area contributed by atoms with E-state index in [-0.39, 0.29) is 5.56 Å². The zero-order chi connectivity index (χ0) is 20.3. The van der Waals surface area contributed by atoms with E-state index in [0.29, 0.717) is 12.6 Å². The van der Waals surface area contributed by atoms with Crippen molar-refractivity contribution in [2.24, 2.45) is 7.05 Å². The van der Waals surface area contributed by atoms with Gasteiger partial charge in [-0.1, -0.05) is 55.0 Å². The number of para-hydroxylation sites is 1. The third-order valence-electron chi connectivity index (χ3n) is 5.76. The molecule has 0 N–H and O–H groups in total. The number of aryl methyl sites for hydroxylation is 1. The molecule has 0 unspecified atom stereocenters. The normalized spacial score (nSPS) is 12.5. The molecule has 0 aliphatic heterocycles. The zero-order valence-corrected chi connectivity index (χ0v) is 17.6. The largest absolute Gasteiger partial charge is 0.292 e. The first-order valence-electron chi connectivity index (χ1n) is 10.0. The SMILES string of the molecule is CC[C@H](C)N(Cc1ccc(C)cc1)Cc1c(C)n(C)n(-c2ccccc2)c1=O. The van der Waals surface area contributed by atoms with Crippen molar-refractivity contribution in [3.63, 3.8) is 0 Å². The van der Waals surface area contributed by atoms with Crippen molar-refractivity contribution in [1.82, 2.24) is 14.3 Å². The standard InChI is InChI=1S/C24H31N3O/c1-6-19(3)26(16-21-14-12-18(2)13-15-21)17-23-20(4)25(5)27(24(23)28)22-10-8-7-9-11-22/h7-15,19H,6,16-17H2,1-5H3/t19-/m0/s1. The highest BCUT2D eigenvalue weighted by molar-refractivity contribution is 5.33. The number of nitrogens with zero attached hydrogens (tertiary/aromatic N) is 3. The Hall–Kier alpha value is -2.59. The molecule has 0 radical (unpaired) electrons. The second kappa shape index (κ2) is 8.61. The molecule has 4 heteroatoms. The van der Waals surface area contributed by atoms with Gasteiger partial charge in [0.25, 0.3) is 5.56 Å². The Kier molecular flexibility index (Phi) is 6.20. The summed E-state index contributed by atoms with van der Waals surface area (Å²) in [6.07, 6.45) is 1.05. The fourth-order valence-electron chi connectivity index (χ4n) is 3.56. The molecule has 3 rings (SSSR count). The van der Waals surface area contributed by atoms with E-state index in [1.165, 1.54) is 11.1 Å². The lowest BCUT2D eigenvalue weighted by molar-refractivity contribution is 0.185. The minimum Gasteiger partial charge on any atom is -0.292 e. The minimum absolute atomic E-state index is 0.0726. The molecular weight excluding hydrogens is 346 g/mol. The van der Waals surface area contributed by atoms with E-state index in [9.17, 15) is 4.79 Å². The Morgan fingerprint density at radius 1 is 0.964 bits per heavy atom. The van der Waals surface area contributed by atoms with Gasteiger partial charge in [0.15, 0.2) is 0 Å². The highest BCUT2D eigenvalue weighted by Crippen LogP contribution is 2.17. The third-order valence-corrected chi connectivity index (χ3v) is 5.76. The van der Waals surface area contributed by atoms with Gasteiger partial charge in [-0.3, -0.25) is 14.4 Å². The molecule has 0 saturated carbocycles. The molecule has 0 aliphatic rings. The fourth-order valence-corrected chi connectivity index (χ4v) is 3.56. The summed E-state index contributed by atoms with van der Waals surface area (Å²) in [5, 5.41) is 0. The lowest BCUT2D eigenvalue weighted by Gasteiger charge is -2.28. The summed E-state index contributed by atoms with van der Waals surface area (Å²) >= 11 is 0. The molecule has 0 spiro atoms. The van der Waals surface area contributed by atoms with Crippen LogP contribution in [0.15, 0.2) is 59.4 Å². The Bertz CT molecular complexity index is 968. The molecule has 4 nitrogen and oxygen atoms in total. The van der Waals surface area contributed by atoms with Crippen molar-refractivity contribution < 1.29 is 0 Å². The van der Waals surface area contributed by atoms with Gasteiger partial charge in [0.05, 0.1) is 11.3 Å². The van der Waals surface area contributed by atoms with Crippen LogP contribution >= 0.6 is 0 Å². The lowest BCUT2D eigenvalue weighted by atomic mass is 10.1. The minimum atomic E-state index is 0.0726. The molecule has 0 bridgehead atoms. The lowest BCUT2D eigenvalue weighted by Crippen LogP contribution is -2.34. The molecule has 3 aromatic rings. The first-order chi connectivity index (χ1) is 13.4. The van der Waals surface area contributed by atoms with Crippen LogP contribution in [-0.2, 0) is 20.1 Å². The Morgan fingerprint density at radius 3 is 2.21 bits per heavy atom. The van der Waals surface area contributed by atoms with Crippen molar-refractivity contribution in [2.45, 2.75) is 53.2 Å². The van der Waals surface area contributed by atoms with E-state index in [4.69, 9.17) is 0 Å². The van der Waals surface area contributed by atoms with Gasteiger partial charge in [0.1, 0.15) is 0 Å². The zero-order valence-electron chi connectivity index (χ0n) is 17.6. The molecule has 1 heterocycles. The second-order valence-corrected chi connectivity index (χ2v) is 7.69. The molecule has 148 valence electrons. The molecule has 0 aliphatic carbocycles. The van der Waals surface area contributed by atoms with Crippen molar-refractivity contribution in [3.8, 4) is 5.69 Å². The average molecular weight is 378 g/mol. The monoisotopic (exact) mass is 377 g/mol. The van der Waals surface area contributed by atoms with Crippen LogP contribution < -0.4 is 5.56 Å². The molecule has 2 aromatic carbocycles. The summed E-state index contributed by atoms with van der Waals surface area (Å²) in [5.74, 6) is 0. The van der Waals surface area contributed by atoms with Crippen LogP contribution in [0.1, 0.15) is 42.7 Å². The maximum absolute atomic E-state index is 13.3. The molecule has 1 aromatic heterocycles. The third kappa shape index (κ3) is 4.12. The summed E-state index contributed by atoms with van der Waals surface area (Å²) in [6, 6.07) is 18.9. The number of benzene rings is 2. The van der Waals surface area contributed by atoms with Crippen LogP contribution in [0, 0.1) is 13.8 Å². The Balaban J connectivity index is 1.95. The summed E-state index contributed by atoms with van der Waals surface area (Å²) in [4.78, 5) is 15.7. The first-order valence-corrected chi connectivity index (χ1v) is 10.0. The highest BCUT2D eigenvalue weighted by atomic mass is 16.1. The Labute approximate surface area is 168 Å². The predicted molar refractivity (Wildman–Crippen MR) is 116 cm³/mol. The van der Waals surface area contributed by atoms with Crippen molar-refractivity contribution in [3.05, 3.63) is 87.3 Å². The van der Waals surface area contributed by atoms with Crippen LogP contribution in [0.4, 0.5) is 0 Å². The molecular formula is C24H31N3O. The van der Waals surface area contributed by atoms with Gasteiger partial charge in [-0.25, -0.2) is 4.68 Å². The van der Waals surface area contributed by atoms with Crippen LogP contribution in [0.3, 0.4) is 0 Å². The molecule has 28 heavy (non-hydrogen) atoms. The van der Waals surface area contributed by atoms with E-state index in [0.717, 1.165) is 29.9 Å². The van der Waals surface area contributed by atoms with E-state index in [1.807, 2.05) is 49.0 Å². The summed E-state index contributed by atoms with van der Waals surface area (Å²) in [6.45, 7) is 10.1. The van der Waals surface area contributed by atoms with Gasteiger partial charge >= 0.3 is 0 Å². The summed E-state index contributed by atoms with van der Waals surface area (Å²) in [7, 11) is 1.96. The maximum atomic E-state index is 13.3. The van der Waals surface area contributed by atoms with Gasteiger partial charge in [-0.05, 0) is 44.9 Å². The number of aromatic nitrogens is 2. The molecule has 0 saturated heterocycles. The van der Waals surface area contributed by atoms with E-state index < -0.39 is 0 Å². The van der Waals surface area contributed by atoms with E-state index in [1.54, 1.807) is 4.68 Å². The van der Waals surface area contributed by atoms with Crippen LogP contribution in [0.2, 0.25) is 0 Å². The van der Waals surface area contributed by atoms with E-state index in [2.05, 4.69) is 49.9 Å². The summed E-state index contributed by atoms with van der Waals surface area (Å²) < 4.78 is 3.74. The summed E-state index contributed by atoms with van der Waals surface area (Å²) in [5.41, 5.74) is 5.41. The quantitative estimate of drug-likeness (QED) is 0.603. The van der Waals surface area contributed by atoms with Crippen molar-refractivity contribution in [1.29, 1.82) is 0 Å². The number of hydrogen-bond donors (Lipinski definition) is 0. The van der Waals surface area contributed by atoms with Gasteiger partial charge in [0, 0.05) is 31.9 Å². The molecule has 1 atom stereocenters. The second-order valence-electron chi connectivity index (χ2n) is 7.69. The molecule has 0 amide bonds. The topological polar surface area (TPSA) is 30.2 Å². The first kappa shape index (κ1) is 20.2. The fraction of sp³-hybridized carbons (Fsp3) is 0.375. The predicted octanol–water partition coefficient (Wildman–Crippen LogP) is 4.59.